The van der Waals surface area contributed by atoms with Crippen LogP contribution in [-0.2, 0) is 0 Å². The first-order valence-electron chi connectivity index (χ1n) is 5.22. The van der Waals surface area contributed by atoms with E-state index in [1.807, 2.05) is 0 Å². The van der Waals surface area contributed by atoms with Crippen LogP contribution < -0.4 is 4.90 Å². The van der Waals surface area contributed by atoms with Crippen LogP contribution in [0.5, 0.6) is 0 Å². The van der Waals surface area contributed by atoms with Gasteiger partial charge in [-0.25, -0.2) is 0 Å². The summed E-state index contributed by atoms with van der Waals surface area (Å²) in [4.78, 5) is 2.35. The van der Waals surface area contributed by atoms with Gasteiger partial charge in [0, 0.05) is 31.3 Å². The zero-order valence-electron chi connectivity index (χ0n) is 8.61. The summed E-state index contributed by atoms with van der Waals surface area (Å²) in [5, 5.41) is 9.05. The molecule has 1 saturated heterocycles. The lowest BCUT2D eigenvalue weighted by atomic mass is 10.1. The van der Waals surface area contributed by atoms with Crippen molar-refractivity contribution in [3.8, 4) is 0 Å². The first-order valence-corrected chi connectivity index (χ1v) is 5.22. The maximum Gasteiger partial charge on any atom is 0.0476 e. The molecule has 2 nitrogen and oxygen atoms in total. The third-order valence-corrected chi connectivity index (χ3v) is 2.94. The van der Waals surface area contributed by atoms with E-state index in [-0.39, 0.29) is 0 Å². The molecule has 1 N–H and O–H groups in total. The first-order chi connectivity index (χ1) is 6.79. The molecular weight excluding hydrogens is 174 g/mol. The number of aliphatic hydroxyl groups is 1. The highest BCUT2D eigenvalue weighted by molar-refractivity contribution is 5.48. The molecule has 1 aromatic rings. The Morgan fingerprint density at radius 1 is 1.36 bits per heavy atom. The molecule has 0 spiro atoms. The number of hydrogen-bond donors (Lipinski definition) is 1. The Labute approximate surface area is 85.2 Å². The second-order valence-corrected chi connectivity index (χ2v) is 4.12. The van der Waals surface area contributed by atoms with E-state index in [1.54, 1.807) is 0 Å². The summed E-state index contributed by atoms with van der Waals surface area (Å²) < 4.78 is 0. The van der Waals surface area contributed by atoms with Crippen molar-refractivity contribution in [3.05, 3.63) is 29.8 Å². The van der Waals surface area contributed by atoms with E-state index in [9.17, 15) is 0 Å². The average molecular weight is 191 g/mol. The summed E-state index contributed by atoms with van der Waals surface area (Å²) in [7, 11) is 0. The summed E-state index contributed by atoms with van der Waals surface area (Å²) in [6, 6.07) is 8.60. The van der Waals surface area contributed by atoms with Crippen molar-refractivity contribution in [1.29, 1.82) is 0 Å². The Hall–Kier alpha value is -1.02. The normalized spacial score (nSPS) is 21.6. The SMILES string of the molecule is Cc1ccc(N2CCC(CO)C2)cc1. The van der Waals surface area contributed by atoms with Crippen LogP contribution in [0.4, 0.5) is 5.69 Å². The second kappa shape index (κ2) is 4.01. The standard InChI is InChI=1S/C12H17NO/c1-10-2-4-12(5-3-10)13-7-6-11(8-13)9-14/h2-5,11,14H,6-9H2,1H3. The molecule has 0 saturated carbocycles. The molecule has 1 aromatic carbocycles. The van der Waals surface area contributed by atoms with Gasteiger partial charge in [0.25, 0.3) is 0 Å². The predicted molar refractivity (Wildman–Crippen MR) is 58.6 cm³/mol. The van der Waals surface area contributed by atoms with E-state index >= 15 is 0 Å². The molecule has 0 amide bonds. The molecule has 0 aliphatic carbocycles. The predicted octanol–water partition coefficient (Wildman–Crippen LogP) is 1.81. The van der Waals surface area contributed by atoms with E-state index in [2.05, 4.69) is 36.1 Å². The molecule has 1 fully saturated rings. The van der Waals surface area contributed by atoms with Gasteiger partial charge in [-0.2, -0.15) is 0 Å². The topological polar surface area (TPSA) is 23.5 Å². The fourth-order valence-electron chi connectivity index (χ4n) is 1.97. The first kappa shape index (κ1) is 9.53. The number of aryl methyl sites for hydroxylation is 1. The largest absolute Gasteiger partial charge is 0.396 e. The van der Waals surface area contributed by atoms with Crippen molar-refractivity contribution >= 4 is 5.69 Å². The number of rotatable bonds is 2. The van der Waals surface area contributed by atoms with Gasteiger partial charge >= 0.3 is 0 Å². The van der Waals surface area contributed by atoms with Crippen molar-refractivity contribution in [2.75, 3.05) is 24.6 Å². The number of anilines is 1. The Balaban J connectivity index is 2.06. The lowest BCUT2D eigenvalue weighted by molar-refractivity contribution is 0.238. The van der Waals surface area contributed by atoms with Gasteiger partial charge in [-0.15, -0.1) is 0 Å². The van der Waals surface area contributed by atoms with Gasteiger partial charge in [0.2, 0.25) is 0 Å². The highest BCUT2D eigenvalue weighted by Crippen LogP contribution is 2.23. The number of aliphatic hydroxyl groups excluding tert-OH is 1. The molecular formula is C12H17NO. The maximum atomic E-state index is 9.05. The van der Waals surface area contributed by atoms with Crippen LogP contribution in [0.1, 0.15) is 12.0 Å². The van der Waals surface area contributed by atoms with Gasteiger partial charge in [0.1, 0.15) is 0 Å². The fraction of sp³-hybridized carbons (Fsp3) is 0.500. The molecule has 0 bridgehead atoms. The van der Waals surface area contributed by atoms with Crippen molar-refractivity contribution in [3.63, 3.8) is 0 Å². The maximum absolute atomic E-state index is 9.05. The smallest absolute Gasteiger partial charge is 0.0476 e. The molecule has 1 aliphatic rings. The van der Waals surface area contributed by atoms with Crippen molar-refractivity contribution < 1.29 is 5.11 Å². The molecule has 1 aliphatic heterocycles. The molecule has 76 valence electrons. The minimum atomic E-state index is 0.322. The molecule has 14 heavy (non-hydrogen) atoms. The Kier molecular flexibility index (Phi) is 2.73. The Morgan fingerprint density at radius 3 is 2.64 bits per heavy atom. The van der Waals surface area contributed by atoms with E-state index in [0.29, 0.717) is 12.5 Å². The lowest BCUT2D eigenvalue weighted by Crippen LogP contribution is -2.20. The number of hydrogen-bond acceptors (Lipinski definition) is 2. The minimum absolute atomic E-state index is 0.322. The molecule has 2 heteroatoms. The second-order valence-electron chi connectivity index (χ2n) is 4.12. The summed E-state index contributed by atoms with van der Waals surface area (Å²) in [5.41, 5.74) is 2.58. The van der Waals surface area contributed by atoms with Crippen LogP contribution in [0.15, 0.2) is 24.3 Å². The van der Waals surface area contributed by atoms with Gasteiger partial charge in [0.05, 0.1) is 0 Å². The van der Waals surface area contributed by atoms with Gasteiger partial charge in [-0.05, 0) is 25.5 Å². The molecule has 1 unspecified atom stereocenters. The fourth-order valence-corrected chi connectivity index (χ4v) is 1.97. The van der Waals surface area contributed by atoms with Crippen LogP contribution in [0.25, 0.3) is 0 Å². The van der Waals surface area contributed by atoms with E-state index in [0.717, 1.165) is 19.5 Å². The van der Waals surface area contributed by atoms with Crippen molar-refractivity contribution in [2.24, 2.45) is 5.92 Å². The summed E-state index contributed by atoms with van der Waals surface area (Å²) in [6.45, 7) is 4.50. The number of benzene rings is 1. The monoisotopic (exact) mass is 191 g/mol. The Bertz CT molecular complexity index is 294. The molecule has 0 radical (unpaired) electrons. The van der Waals surface area contributed by atoms with Crippen LogP contribution in [-0.4, -0.2) is 24.8 Å². The zero-order chi connectivity index (χ0) is 9.97. The summed E-state index contributed by atoms with van der Waals surface area (Å²) >= 11 is 0. The molecule has 2 rings (SSSR count). The number of nitrogens with zero attached hydrogens (tertiary/aromatic N) is 1. The van der Waals surface area contributed by atoms with Crippen molar-refractivity contribution in [2.45, 2.75) is 13.3 Å². The van der Waals surface area contributed by atoms with E-state index in [1.165, 1.54) is 11.3 Å². The van der Waals surface area contributed by atoms with Crippen molar-refractivity contribution in [1.82, 2.24) is 0 Å². The summed E-state index contributed by atoms with van der Waals surface area (Å²) in [5.74, 6) is 0.469. The highest BCUT2D eigenvalue weighted by Gasteiger charge is 2.21. The van der Waals surface area contributed by atoms with Gasteiger partial charge in [0.15, 0.2) is 0 Å². The quantitative estimate of drug-likeness (QED) is 0.770. The summed E-state index contributed by atoms with van der Waals surface area (Å²) in [6.07, 6.45) is 1.12. The minimum Gasteiger partial charge on any atom is -0.396 e. The zero-order valence-corrected chi connectivity index (χ0v) is 8.61. The van der Waals surface area contributed by atoms with E-state index in [4.69, 9.17) is 5.11 Å². The van der Waals surface area contributed by atoms with Crippen LogP contribution in [0.2, 0.25) is 0 Å². The van der Waals surface area contributed by atoms with Gasteiger partial charge in [-0.3, -0.25) is 0 Å². The highest BCUT2D eigenvalue weighted by atomic mass is 16.3. The molecule has 1 heterocycles. The molecule has 1 atom stereocenters. The van der Waals surface area contributed by atoms with Crippen LogP contribution in [0.3, 0.4) is 0 Å². The van der Waals surface area contributed by atoms with Gasteiger partial charge < -0.3 is 10.0 Å². The molecule has 0 aromatic heterocycles. The third kappa shape index (κ3) is 1.90. The Morgan fingerprint density at radius 2 is 2.07 bits per heavy atom. The van der Waals surface area contributed by atoms with Gasteiger partial charge in [-0.1, -0.05) is 17.7 Å². The van der Waals surface area contributed by atoms with Crippen LogP contribution in [0, 0.1) is 12.8 Å². The third-order valence-electron chi connectivity index (χ3n) is 2.94. The lowest BCUT2D eigenvalue weighted by Gasteiger charge is -2.18. The van der Waals surface area contributed by atoms with Crippen LogP contribution >= 0.6 is 0 Å². The average Bonchev–Trinajstić information content (AvgIpc) is 2.67. The van der Waals surface area contributed by atoms with E-state index < -0.39 is 0 Å².